The molecule has 1 N–H and O–H groups in total. The molecule has 0 saturated carbocycles. The molecule has 22 heavy (non-hydrogen) atoms. The molecule has 1 aliphatic rings. The minimum absolute atomic E-state index is 0.0136. The first kappa shape index (κ1) is 16.5. The number of nitrogens with zero attached hydrogens (tertiary/aromatic N) is 1. The fourth-order valence-corrected chi connectivity index (χ4v) is 2.71. The van der Waals surface area contributed by atoms with Gasteiger partial charge in [0.05, 0.1) is 0 Å². The largest absolute Gasteiger partial charge is 0.352 e. The first-order valence-electron chi connectivity index (χ1n) is 8.35. The average molecular weight is 302 g/mol. The Labute approximate surface area is 132 Å². The first-order chi connectivity index (χ1) is 10.7. The van der Waals surface area contributed by atoms with E-state index in [4.69, 9.17) is 0 Å². The Morgan fingerprint density at radius 1 is 1.18 bits per heavy atom. The number of amides is 2. The quantitative estimate of drug-likeness (QED) is 0.750. The predicted molar refractivity (Wildman–Crippen MR) is 87.6 cm³/mol. The molecule has 4 heteroatoms. The van der Waals surface area contributed by atoms with Crippen molar-refractivity contribution in [3.05, 3.63) is 35.4 Å². The Morgan fingerprint density at radius 3 is 2.59 bits per heavy atom. The Hall–Kier alpha value is -1.84. The highest BCUT2D eigenvalue weighted by atomic mass is 16.2. The minimum Gasteiger partial charge on any atom is -0.352 e. The average Bonchev–Trinajstić information content (AvgIpc) is 2.93. The van der Waals surface area contributed by atoms with E-state index in [2.05, 4.69) is 12.2 Å². The lowest BCUT2D eigenvalue weighted by Crippen LogP contribution is -2.25. The van der Waals surface area contributed by atoms with Crippen LogP contribution in [0.3, 0.4) is 0 Å². The number of hydrogen-bond acceptors (Lipinski definition) is 2. The summed E-state index contributed by atoms with van der Waals surface area (Å²) in [7, 11) is 0. The van der Waals surface area contributed by atoms with E-state index < -0.39 is 0 Å². The summed E-state index contributed by atoms with van der Waals surface area (Å²) in [5.74, 6) is 0.217. The maximum atomic E-state index is 12.0. The molecule has 1 fully saturated rings. The van der Waals surface area contributed by atoms with E-state index in [1.54, 1.807) is 0 Å². The van der Waals surface area contributed by atoms with Crippen LogP contribution >= 0.6 is 0 Å². The van der Waals surface area contributed by atoms with Crippen molar-refractivity contribution < 1.29 is 9.59 Å². The molecule has 1 saturated heterocycles. The van der Waals surface area contributed by atoms with E-state index in [-0.39, 0.29) is 11.8 Å². The molecule has 0 aromatic heterocycles. The van der Waals surface area contributed by atoms with Crippen molar-refractivity contribution in [2.45, 2.75) is 52.0 Å². The molecule has 1 heterocycles. The molecule has 0 aliphatic carbocycles. The predicted octanol–water partition coefficient (Wildman–Crippen LogP) is 3.12. The van der Waals surface area contributed by atoms with Gasteiger partial charge in [-0.15, -0.1) is 0 Å². The number of unbranched alkanes of at least 4 members (excludes halogenated alkanes) is 3. The van der Waals surface area contributed by atoms with Gasteiger partial charge in [-0.25, -0.2) is 0 Å². The SMILES string of the molecule is CCCCCCNC(=O)c1ccc(CN2CCCC2=O)cc1. The maximum Gasteiger partial charge on any atom is 0.251 e. The molecule has 0 bridgehead atoms. The maximum absolute atomic E-state index is 12.0. The smallest absolute Gasteiger partial charge is 0.251 e. The lowest BCUT2D eigenvalue weighted by Gasteiger charge is -2.15. The molecule has 2 rings (SSSR count). The molecule has 1 aromatic carbocycles. The molecular formula is C18H26N2O2. The number of carbonyl (C=O) groups excluding carboxylic acids is 2. The van der Waals surface area contributed by atoms with E-state index in [0.717, 1.165) is 31.5 Å². The summed E-state index contributed by atoms with van der Waals surface area (Å²) in [4.78, 5) is 25.5. The lowest BCUT2D eigenvalue weighted by molar-refractivity contribution is -0.128. The van der Waals surface area contributed by atoms with E-state index in [1.165, 1.54) is 19.3 Å². The lowest BCUT2D eigenvalue weighted by atomic mass is 10.1. The van der Waals surface area contributed by atoms with E-state index >= 15 is 0 Å². The van der Waals surface area contributed by atoms with E-state index in [1.807, 2.05) is 29.2 Å². The van der Waals surface area contributed by atoms with Crippen molar-refractivity contribution >= 4 is 11.8 Å². The van der Waals surface area contributed by atoms with Crippen LogP contribution in [0.4, 0.5) is 0 Å². The van der Waals surface area contributed by atoms with Gasteiger partial charge in [0.25, 0.3) is 5.91 Å². The van der Waals surface area contributed by atoms with Gasteiger partial charge in [0.2, 0.25) is 5.91 Å². The zero-order valence-electron chi connectivity index (χ0n) is 13.4. The van der Waals surface area contributed by atoms with Crippen LogP contribution in [0.1, 0.15) is 61.4 Å². The van der Waals surface area contributed by atoms with Gasteiger partial charge in [0, 0.05) is 31.6 Å². The minimum atomic E-state index is -0.0136. The highest BCUT2D eigenvalue weighted by Gasteiger charge is 2.19. The van der Waals surface area contributed by atoms with Gasteiger partial charge < -0.3 is 10.2 Å². The molecule has 0 unspecified atom stereocenters. The molecule has 1 aliphatic heterocycles. The van der Waals surface area contributed by atoms with Crippen molar-refractivity contribution in [2.75, 3.05) is 13.1 Å². The number of hydrogen-bond donors (Lipinski definition) is 1. The van der Waals surface area contributed by atoms with Crippen molar-refractivity contribution in [1.29, 1.82) is 0 Å². The van der Waals surface area contributed by atoms with Crippen molar-refractivity contribution in [1.82, 2.24) is 10.2 Å². The molecule has 0 spiro atoms. The molecule has 120 valence electrons. The topological polar surface area (TPSA) is 49.4 Å². The van der Waals surface area contributed by atoms with Gasteiger partial charge in [-0.05, 0) is 30.5 Å². The summed E-state index contributed by atoms with van der Waals surface area (Å²) >= 11 is 0. The third-order valence-corrected chi connectivity index (χ3v) is 4.08. The number of rotatable bonds is 8. The summed E-state index contributed by atoms with van der Waals surface area (Å²) in [6, 6.07) is 7.57. The van der Waals surface area contributed by atoms with Gasteiger partial charge in [-0.1, -0.05) is 38.3 Å². The van der Waals surface area contributed by atoms with Crippen molar-refractivity contribution in [3.8, 4) is 0 Å². The molecule has 0 atom stereocenters. The summed E-state index contributed by atoms with van der Waals surface area (Å²) in [5.41, 5.74) is 1.77. The van der Waals surface area contributed by atoms with Crippen LogP contribution in [0, 0.1) is 0 Å². The number of likely N-dealkylation sites (tertiary alicyclic amines) is 1. The summed E-state index contributed by atoms with van der Waals surface area (Å²) in [6.45, 7) is 4.41. The van der Waals surface area contributed by atoms with Gasteiger partial charge in [0.1, 0.15) is 0 Å². The molecular weight excluding hydrogens is 276 g/mol. The van der Waals surface area contributed by atoms with Crippen LogP contribution in [0.25, 0.3) is 0 Å². The zero-order chi connectivity index (χ0) is 15.8. The summed E-state index contributed by atoms with van der Waals surface area (Å²) in [6.07, 6.45) is 6.25. The third kappa shape index (κ3) is 4.86. The Kier molecular flexibility index (Phi) is 6.44. The van der Waals surface area contributed by atoms with Gasteiger partial charge in [0.15, 0.2) is 0 Å². The van der Waals surface area contributed by atoms with Crippen LogP contribution in [-0.4, -0.2) is 29.8 Å². The van der Waals surface area contributed by atoms with Crippen molar-refractivity contribution in [2.24, 2.45) is 0 Å². The highest BCUT2D eigenvalue weighted by molar-refractivity contribution is 5.94. The Balaban J connectivity index is 1.78. The highest BCUT2D eigenvalue weighted by Crippen LogP contribution is 2.14. The van der Waals surface area contributed by atoms with E-state index in [0.29, 0.717) is 18.5 Å². The normalized spacial score (nSPS) is 14.4. The number of benzene rings is 1. The monoisotopic (exact) mass is 302 g/mol. The van der Waals surface area contributed by atoms with Gasteiger partial charge in [-0.3, -0.25) is 9.59 Å². The molecule has 2 amide bonds. The number of carbonyl (C=O) groups is 2. The van der Waals surface area contributed by atoms with Crippen LogP contribution in [0.15, 0.2) is 24.3 Å². The third-order valence-electron chi connectivity index (χ3n) is 4.08. The first-order valence-corrected chi connectivity index (χ1v) is 8.35. The second-order valence-corrected chi connectivity index (χ2v) is 5.93. The fraction of sp³-hybridized carbons (Fsp3) is 0.556. The van der Waals surface area contributed by atoms with E-state index in [9.17, 15) is 9.59 Å². The van der Waals surface area contributed by atoms with Crippen LogP contribution in [-0.2, 0) is 11.3 Å². The summed E-state index contributed by atoms with van der Waals surface area (Å²) < 4.78 is 0. The second kappa shape index (κ2) is 8.57. The van der Waals surface area contributed by atoms with Crippen LogP contribution < -0.4 is 5.32 Å². The summed E-state index contributed by atoms with van der Waals surface area (Å²) in [5, 5.41) is 2.95. The number of nitrogens with one attached hydrogen (secondary N) is 1. The Morgan fingerprint density at radius 2 is 1.95 bits per heavy atom. The van der Waals surface area contributed by atoms with Gasteiger partial charge >= 0.3 is 0 Å². The zero-order valence-corrected chi connectivity index (χ0v) is 13.4. The van der Waals surface area contributed by atoms with Crippen molar-refractivity contribution in [3.63, 3.8) is 0 Å². The van der Waals surface area contributed by atoms with Crippen LogP contribution in [0.2, 0.25) is 0 Å². The second-order valence-electron chi connectivity index (χ2n) is 5.93. The van der Waals surface area contributed by atoms with Crippen LogP contribution in [0.5, 0.6) is 0 Å². The Bertz CT molecular complexity index is 496. The molecule has 1 aromatic rings. The van der Waals surface area contributed by atoms with Gasteiger partial charge in [-0.2, -0.15) is 0 Å². The molecule has 4 nitrogen and oxygen atoms in total. The fourth-order valence-electron chi connectivity index (χ4n) is 2.71. The standard InChI is InChI=1S/C18H26N2O2/c1-2-3-4-5-12-19-18(22)16-10-8-15(9-11-16)14-20-13-6-7-17(20)21/h8-11H,2-7,12-14H2,1H3,(H,19,22). The molecule has 0 radical (unpaired) electrons.